The molecule has 4 rings (SSSR count). The standard InChI is InChI=1S/C20H31ClN6/c1-22-20(24-10-12-26(17-6-7-17)13-15-4-5-15)25-16-8-11-27(14-16)19-18(21)3-2-9-23-19/h2-3,9,15-17H,4-8,10-14H2,1H3,(H2,22,24,25). The first-order chi connectivity index (χ1) is 13.2. The molecular formula is C20H31ClN6. The maximum absolute atomic E-state index is 6.29. The van der Waals surface area contributed by atoms with Crippen LogP contribution in [0.3, 0.4) is 0 Å². The summed E-state index contributed by atoms with van der Waals surface area (Å²) in [7, 11) is 1.85. The molecule has 1 aromatic rings. The minimum atomic E-state index is 0.361. The molecule has 1 aromatic heterocycles. The monoisotopic (exact) mass is 390 g/mol. The Balaban J connectivity index is 1.21. The lowest BCUT2D eigenvalue weighted by Crippen LogP contribution is -2.47. The molecule has 1 aliphatic heterocycles. The minimum absolute atomic E-state index is 0.361. The van der Waals surface area contributed by atoms with Crippen molar-refractivity contribution in [1.82, 2.24) is 20.5 Å². The van der Waals surface area contributed by atoms with Crippen molar-refractivity contribution >= 4 is 23.4 Å². The zero-order valence-corrected chi connectivity index (χ0v) is 17.0. The Morgan fingerprint density at radius 1 is 1.33 bits per heavy atom. The van der Waals surface area contributed by atoms with E-state index in [9.17, 15) is 0 Å². The molecule has 2 heterocycles. The van der Waals surface area contributed by atoms with Gasteiger partial charge < -0.3 is 15.5 Å². The number of anilines is 1. The fraction of sp³-hybridized carbons (Fsp3) is 0.700. The van der Waals surface area contributed by atoms with Gasteiger partial charge in [-0.3, -0.25) is 9.89 Å². The Labute approximate surface area is 167 Å². The van der Waals surface area contributed by atoms with Gasteiger partial charge in [0.2, 0.25) is 0 Å². The van der Waals surface area contributed by atoms with Crippen LogP contribution in [0.4, 0.5) is 5.82 Å². The molecule has 7 heteroatoms. The number of rotatable bonds is 8. The molecule has 148 valence electrons. The summed E-state index contributed by atoms with van der Waals surface area (Å²) < 4.78 is 0. The molecular weight excluding hydrogens is 360 g/mol. The molecule has 0 amide bonds. The highest BCUT2D eigenvalue weighted by Gasteiger charge is 2.33. The van der Waals surface area contributed by atoms with Crippen molar-refractivity contribution in [3.8, 4) is 0 Å². The third kappa shape index (κ3) is 5.26. The van der Waals surface area contributed by atoms with Crippen LogP contribution in [0.1, 0.15) is 32.1 Å². The Morgan fingerprint density at radius 2 is 2.19 bits per heavy atom. The summed E-state index contributed by atoms with van der Waals surface area (Å²) >= 11 is 6.29. The van der Waals surface area contributed by atoms with Gasteiger partial charge in [-0.25, -0.2) is 4.98 Å². The molecule has 0 spiro atoms. The first-order valence-corrected chi connectivity index (χ1v) is 10.7. The first kappa shape index (κ1) is 18.8. The lowest BCUT2D eigenvalue weighted by atomic mass is 10.3. The predicted molar refractivity (Wildman–Crippen MR) is 112 cm³/mol. The summed E-state index contributed by atoms with van der Waals surface area (Å²) in [6, 6.07) is 4.98. The average Bonchev–Trinajstić information content (AvgIpc) is 3.60. The highest BCUT2D eigenvalue weighted by molar-refractivity contribution is 6.32. The number of guanidine groups is 1. The van der Waals surface area contributed by atoms with E-state index >= 15 is 0 Å². The quantitative estimate of drug-likeness (QED) is 0.527. The van der Waals surface area contributed by atoms with Crippen molar-refractivity contribution in [3.05, 3.63) is 23.4 Å². The van der Waals surface area contributed by atoms with Gasteiger partial charge in [-0.05, 0) is 50.2 Å². The van der Waals surface area contributed by atoms with E-state index in [1.54, 1.807) is 6.20 Å². The predicted octanol–water partition coefficient (Wildman–Crippen LogP) is 2.35. The smallest absolute Gasteiger partial charge is 0.191 e. The lowest BCUT2D eigenvalue weighted by molar-refractivity contribution is 0.256. The van der Waals surface area contributed by atoms with Gasteiger partial charge >= 0.3 is 0 Å². The van der Waals surface area contributed by atoms with E-state index in [0.717, 1.165) is 61.4 Å². The van der Waals surface area contributed by atoms with E-state index in [0.29, 0.717) is 6.04 Å². The van der Waals surface area contributed by atoms with Crippen molar-refractivity contribution in [3.63, 3.8) is 0 Å². The van der Waals surface area contributed by atoms with Crippen molar-refractivity contribution in [2.75, 3.05) is 44.7 Å². The van der Waals surface area contributed by atoms with Gasteiger partial charge in [-0.15, -0.1) is 0 Å². The van der Waals surface area contributed by atoms with E-state index in [4.69, 9.17) is 11.6 Å². The van der Waals surface area contributed by atoms with E-state index in [1.807, 2.05) is 19.2 Å². The van der Waals surface area contributed by atoms with Gasteiger partial charge in [0.05, 0.1) is 5.02 Å². The largest absolute Gasteiger partial charge is 0.355 e. The van der Waals surface area contributed by atoms with Crippen LogP contribution in [0, 0.1) is 5.92 Å². The molecule has 0 aromatic carbocycles. The van der Waals surface area contributed by atoms with Crippen LogP contribution < -0.4 is 15.5 Å². The lowest BCUT2D eigenvalue weighted by Gasteiger charge is -2.23. The van der Waals surface area contributed by atoms with Crippen molar-refractivity contribution in [2.45, 2.75) is 44.2 Å². The Bertz CT molecular complexity index is 658. The number of hydrogen-bond donors (Lipinski definition) is 2. The van der Waals surface area contributed by atoms with Crippen LogP contribution in [0.15, 0.2) is 23.3 Å². The SMILES string of the molecule is CN=C(NCCN(CC1CC1)C1CC1)NC1CCN(c2ncccc2Cl)C1. The van der Waals surface area contributed by atoms with Crippen molar-refractivity contribution in [2.24, 2.45) is 10.9 Å². The molecule has 2 aliphatic carbocycles. The molecule has 6 nitrogen and oxygen atoms in total. The molecule has 3 aliphatic rings. The summed E-state index contributed by atoms with van der Waals surface area (Å²) in [5.74, 6) is 2.74. The second-order valence-corrected chi connectivity index (χ2v) is 8.46. The number of aliphatic imine (C=N–C) groups is 1. The van der Waals surface area contributed by atoms with Crippen LogP contribution in [0.5, 0.6) is 0 Å². The third-order valence-electron chi connectivity index (χ3n) is 5.74. The zero-order valence-electron chi connectivity index (χ0n) is 16.2. The van der Waals surface area contributed by atoms with Gasteiger partial charge in [0.25, 0.3) is 0 Å². The zero-order chi connectivity index (χ0) is 18.6. The van der Waals surface area contributed by atoms with Crippen LogP contribution in [0.25, 0.3) is 0 Å². The van der Waals surface area contributed by atoms with Crippen molar-refractivity contribution < 1.29 is 0 Å². The van der Waals surface area contributed by atoms with E-state index in [-0.39, 0.29) is 0 Å². The molecule has 1 saturated heterocycles. The summed E-state index contributed by atoms with van der Waals surface area (Å²) in [5, 5.41) is 7.79. The van der Waals surface area contributed by atoms with Gasteiger partial charge in [0, 0.05) is 58.1 Å². The Hall–Kier alpha value is -1.53. The summed E-state index contributed by atoms with van der Waals surface area (Å²) in [4.78, 5) is 13.8. The highest BCUT2D eigenvalue weighted by atomic mass is 35.5. The Kier molecular flexibility index (Phi) is 6.03. The van der Waals surface area contributed by atoms with Crippen LogP contribution in [0.2, 0.25) is 5.02 Å². The maximum atomic E-state index is 6.29. The van der Waals surface area contributed by atoms with E-state index in [2.05, 4.69) is 30.4 Å². The van der Waals surface area contributed by atoms with E-state index in [1.165, 1.54) is 32.2 Å². The molecule has 2 N–H and O–H groups in total. The minimum Gasteiger partial charge on any atom is -0.355 e. The molecule has 1 atom stereocenters. The maximum Gasteiger partial charge on any atom is 0.191 e. The van der Waals surface area contributed by atoms with Gasteiger partial charge in [0.1, 0.15) is 5.82 Å². The van der Waals surface area contributed by atoms with E-state index < -0.39 is 0 Å². The molecule has 1 unspecified atom stereocenters. The van der Waals surface area contributed by atoms with Gasteiger partial charge in [-0.1, -0.05) is 11.6 Å². The first-order valence-electron chi connectivity index (χ1n) is 10.3. The number of nitrogens with one attached hydrogen (secondary N) is 2. The molecule has 27 heavy (non-hydrogen) atoms. The van der Waals surface area contributed by atoms with Gasteiger partial charge in [0.15, 0.2) is 5.96 Å². The van der Waals surface area contributed by atoms with Crippen LogP contribution in [-0.4, -0.2) is 67.7 Å². The summed E-state index contributed by atoms with van der Waals surface area (Å²) in [5.41, 5.74) is 0. The summed E-state index contributed by atoms with van der Waals surface area (Å²) in [6.07, 6.45) is 8.48. The molecule has 0 radical (unpaired) electrons. The number of halogens is 1. The fourth-order valence-electron chi connectivity index (χ4n) is 3.88. The van der Waals surface area contributed by atoms with Crippen molar-refractivity contribution in [1.29, 1.82) is 0 Å². The van der Waals surface area contributed by atoms with Crippen LogP contribution in [-0.2, 0) is 0 Å². The van der Waals surface area contributed by atoms with Gasteiger partial charge in [-0.2, -0.15) is 0 Å². The second-order valence-electron chi connectivity index (χ2n) is 8.05. The summed E-state index contributed by atoms with van der Waals surface area (Å²) in [6.45, 7) is 5.21. The molecule has 2 saturated carbocycles. The third-order valence-corrected chi connectivity index (χ3v) is 6.03. The number of pyridine rings is 1. The highest BCUT2D eigenvalue weighted by Crippen LogP contribution is 2.34. The van der Waals surface area contributed by atoms with Crippen LogP contribution >= 0.6 is 11.6 Å². The average molecular weight is 391 g/mol. The fourth-order valence-corrected chi connectivity index (χ4v) is 4.12. The Morgan fingerprint density at radius 3 is 2.89 bits per heavy atom. The molecule has 0 bridgehead atoms. The second kappa shape index (κ2) is 8.65. The topological polar surface area (TPSA) is 55.8 Å². The number of aromatic nitrogens is 1. The number of hydrogen-bond acceptors (Lipinski definition) is 4. The molecule has 3 fully saturated rings. The number of nitrogens with zero attached hydrogens (tertiary/aromatic N) is 4. The normalized spacial score (nSPS) is 23.1.